The van der Waals surface area contributed by atoms with Crippen LogP contribution in [0.15, 0.2) is 87.5 Å². The Labute approximate surface area is 174 Å². The van der Waals surface area contributed by atoms with Crippen LogP contribution in [-0.4, -0.2) is 11.9 Å². The van der Waals surface area contributed by atoms with E-state index in [0.717, 1.165) is 4.47 Å². The van der Waals surface area contributed by atoms with E-state index in [1.165, 1.54) is 6.07 Å². The molecule has 3 rings (SSSR count). The summed E-state index contributed by atoms with van der Waals surface area (Å²) in [5, 5.41) is 8.06. The molecule has 0 saturated carbocycles. The Hall–Kier alpha value is -3.03. The van der Waals surface area contributed by atoms with E-state index in [2.05, 4.69) is 31.6 Å². The Balaban J connectivity index is 1.56. The minimum Gasteiger partial charge on any atom is -0.338 e. The maximum atomic E-state index is 12.0. The van der Waals surface area contributed by atoms with E-state index in [9.17, 15) is 9.59 Å². The Morgan fingerprint density at radius 3 is 2.32 bits per heavy atom. The Kier molecular flexibility index (Phi) is 6.52. The Morgan fingerprint density at radius 2 is 1.64 bits per heavy atom. The van der Waals surface area contributed by atoms with E-state index in [1.807, 2.05) is 0 Å². The van der Waals surface area contributed by atoms with Gasteiger partial charge >= 0.3 is 5.97 Å². The quantitative estimate of drug-likeness (QED) is 0.364. The van der Waals surface area contributed by atoms with E-state index in [0.29, 0.717) is 27.5 Å². The van der Waals surface area contributed by atoms with Crippen LogP contribution in [0.3, 0.4) is 0 Å². The highest BCUT2D eigenvalue weighted by Crippen LogP contribution is 2.18. The SMILES string of the molecule is O=C(N=Nc1ccc(NOC(=O)c2cccc(Cl)c2)cc1)c1ccc(Br)cc1. The molecule has 140 valence electrons. The highest BCUT2D eigenvalue weighted by molar-refractivity contribution is 9.10. The molecule has 0 fully saturated rings. The molecule has 0 atom stereocenters. The molecule has 0 spiro atoms. The maximum absolute atomic E-state index is 12.0. The standard InChI is InChI=1S/C20H13BrClN3O3/c21-15-6-4-13(5-7-15)19(26)24-23-17-8-10-18(11-9-17)25-28-20(27)14-2-1-3-16(22)12-14/h1-12,25H. The van der Waals surface area contributed by atoms with Crippen LogP contribution in [0.2, 0.25) is 5.02 Å². The molecule has 0 aliphatic rings. The first-order valence-electron chi connectivity index (χ1n) is 8.06. The number of amides is 1. The second-order valence-electron chi connectivity index (χ2n) is 5.56. The monoisotopic (exact) mass is 457 g/mol. The van der Waals surface area contributed by atoms with Crippen LogP contribution in [0.25, 0.3) is 0 Å². The molecule has 3 aromatic rings. The number of carbonyl (C=O) groups excluding carboxylic acids is 2. The third-order valence-corrected chi connectivity index (χ3v) is 4.30. The lowest BCUT2D eigenvalue weighted by Crippen LogP contribution is -2.10. The summed E-state index contributed by atoms with van der Waals surface area (Å²) in [5.74, 6) is -1.00. The van der Waals surface area contributed by atoms with Gasteiger partial charge in [0.15, 0.2) is 0 Å². The molecule has 0 saturated heterocycles. The summed E-state index contributed by atoms with van der Waals surface area (Å²) in [7, 11) is 0. The molecule has 28 heavy (non-hydrogen) atoms. The fraction of sp³-hybridized carbons (Fsp3) is 0. The fourth-order valence-electron chi connectivity index (χ4n) is 2.13. The molecule has 1 N–H and O–H groups in total. The number of benzene rings is 3. The van der Waals surface area contributed by atoms with E-state index in [-0.39, 0.29) is 0 Å². The van der Waals surface area contributed by atoms with Crippen LogP contribution >= 0.6 is 27.5 Å². The van der Waals surface area contributed by atoms with Crippen molar-refractivity contribution in [3.8, 4) is 0 Å². The van der Waals surface area contributed by atoms with Crippen molar-refractivity contribution in [2.45, 2.75) is 0 Å². The second-order valence-corrected chi connectivity index (χ2v) is 6.91. The summed E-state index contributed by atoms with van der Waals surface area (Å²) in [6.45, 7) is 0. The minimum absolute atomic E-state index is 0.330. The van der Waals surface area contributed by atoms with Crippen molar-refractivity contribution in [3.63, 3.8) is 0 Å². The van der Waals surface area contributed by atoms with E-state index in [1.54, 1.807) is 66.7 Å². The first-order chi connectivity index (χ1) is 13.5. The third-order valence-electron chi connectivity index (χ3n) is 3.54. The van der Waals surface area contributed by atoms with Crippen LogP contribution in [0.5, 0.6) is 0 Å². The summed E-state index contributed by atoms with van der Waals surface area (Å²) in [6.07, 6.45) is 0. The average molecular weight is 459 g/mol. The molecule has 0 aromatic heterocycles. The van der Waals surface area contributed by atoms with Gasteiger partial charge in [0.2, 0.25) is 0 Å². The van der Waals surface area contributed by atoms with Crippen LogP contribution in [0, 0.1) is 0 Å². The third kappa shape index (κ3) is 5.48. The van der Waals surface area contributed by atoms with E-state index >= 15 is 0 Å². The first-order valence-corrected chi connectivity index (χ1v) is 9.23. The van der Waals surface area contributed by atoms with Gasteiger partial charge < -0.3 is 4.84 Å². The number of anilines is 1. The van der Waals surface area contributed by atoms with E-state index in [4.69, 9.17) is 16.4 Å². The van der Waals surface area contributed by atoms with Crippen molar-refractivity contribution >= 4 is 50.8 Å². The molecule has 3 aromatic carbocycles. The highest BCUT2D eigenvalue weighted by Gasteiger charge is 2.08. The van der Waals surface area contributed by atoms with Crippen LogP contribution in [-0.2, 0) is 4.84 Å². The van der Waals surface area contributed by atoms with Crippen LogP contribution in [0.4, 0.5) is 11.4 Å². The topological polar surface area (TPSA) is 80.1 Å². The molecule has 0 aliphatic heterocycles. The number of azo groups is 1. The van der Waals surface area contributed by atoms with Crippen molar-refractivity contribution in [1.29, 1.82) is 0 Å². The van der Waals surface area contributed by atoms with Gasteiger partial charge in [0, 0.05) is 15.1 Å². The van der Waals surface area contributed by atoms with Gasteiger partial charge in [-0.25, -0.2) is 10.3 Å². The lowest BCUT2D eigenvalue weighted by atomic mass is 10.2. The molecular weight excluding hydrogens is 446 g/mol. The molecule has 1 amide bonds. The van der Waals surface area contributed by atoms with Gasteiger partial charge in [-0.2, -0.15) is 0 Å². The number of hydrogen-bond donors (Lipinski definition) is 1. The summed E-state index contributed by atoms with van der Waals surface area (Å²) in [5.41, 5.74) is 4.34. The largest absolute Gasteiger partial charge is 0.362 e. The van der Waals surface area contributed by atoms with Gasteiger partial charge in [0.05, 0.1) is 16.9 Å². The summed E-state index contributed by atoms with van der Waals surface area (Å²) in [6, 6.07) is 19.8. The molecule has 0 unspecified atom stereocenters. The fourth-order valence-corrected chi connectivity index (χ4v) is 2.58. The number of nitrogens with one attached hydrogen (secondary N) is 1. The number of carbonyl (C=O) groups is 2. The van der Waals surface area contributed by atoms with Gasteiger partial charge in [-0.1, -0.05) is 33.6 Å². The Morgan fingerprint density at radius 1 is 0.929 bits per heavy atom. The number of rotatable bonds is 5. The maximum Gasteiger partial charge on any atom is 0.362 e. The normalized spacial score (nSPS) is 10.6. The Bertz CT molecular complexity index is 1020. The van der Waals surface area contributed by atoms with Gasteiger partial charge in [0.25, 0.3) is 5.91 Å². The molecule has 0 radical (unpaired) electrons. The zero-order valence-corrected chi connectivity index (χ0v) is 16.6. The second kappa shape index (κ2) is 9.25. The van der Waals surface area contributed by atoms with Crippen molar-refractivity contribution in [2.75, 3.05) is 5.48 Å². The van der Waals surface area contributed by atoms with Crippen LogP contribution < -0.4 is 5.48 Å². The van der Waals surface area contributed by atoms with Crippen molar-refractivity contribution < 1.29 is 14.4 Å². The summed E-state index contributed by atoms with van der Waals surface area (Å²) >= 11 is 9.15. The predicted molar refractivity (Wildman–Crippen MR) is 110 cm³/mol. The molecule has 0 heterocycles. The van der Waals surface area contributed by atoms with Gasteiger partial charge in [-0.05, 0) is 66.7 Å². The highest BCUT2D eigenvalue weighted by atomic mass is 79.9. The molecule has 0 aliphatic carbocycles. The van der Waals surface area contributed by atoms with E-state index < -0.39 is 11.9 Å². The smallest absolute Gasteiger partial charge is 0.338 e. The predicted octanol–water partition coefficient (Wildman–Crippen LogP) is 6.21. The summed E-state index contributed by atoms with van der Waals surface area (Å²) < 4.78 is 0.875. The first kappa shape index (κ1) is 19.7. The van der Waals surface area contributed by atoms with Gasteiger partial charge in [-0.15, -0.1) is 10.2 Å². The van der Waals surface area contributed by atoms with Crippen molar-refractivity contribution in [2.24, 2.45) is 10.2 Å². The van der Waals surface area contributed by atoms with Crippen LogP contribution in [0.1, 0.15) is 20.7 Å². The van der Waals surface area contributed by atoms with Gasteiger partial charge in [-0.3, -0.25) is 4.79 Å². The summed E-state index contributed by atoms with van der Waals surface area (Å²) in [4.78, 5) is 28.9. The van der Waals surface area contributed by atoms with Crippen molar-refractivity contribution in [3.05, 3.63) is 93.4 Å². The van der Waals surface area contributed by atoms with Gasteiger partial charge in [0.1, 0.15) is 0 Å². The zero-order valence-electron chi connectivity index (χ0n) is 14.3. The average Bonchev–Trinajstić information content (AvgIpc) is 2.71. The minimum atomic E-state index is -0.564. The zero-order chi connectivity index (χ0) is 19.9. The number of nitrogens with zero attached hydrogens (tertiary/aromatic N) is 2. The van der Waals surface area contributed by atoms with Crippen molar-refractivity contribution in [1.82, 2.24) is 0 Å². The number of hydrogen-bond acceptors (Lipinski definition) is 5. The lowest BCUT2D eigenvalue weighted by Gasteiger charge is -2.07. The molecule has 0 bridgehead atoms. The molecular formula is C20H13BrClN3O3. The lowest BCUT2D eigenvalue weighted by molar-refractivity contribution is 0.0596. The molecule has 8 heteroatoms. The number of halogens is 2. The molecule has 6 nitrogen and oxygen atoms in total.